The molecule has 1 fully saturated rings. The van der Waals surface area contributed by atoms with Gasteiger partial charge in [-0.05, 0) is 49.8 Å². The first kappa shape index (κ1) is 14.5. The van der Waals surface area contributed by atoms with E-state index in [0.29, 0.717) is 6.10 Å². The molecule has 1 unspecified atom stereocenters. The van der Waals surface area contributed by atoms with Gasteiger partial charge in [-0.1, -0.05) is 13.3 Å². The summed E-state index contributed by atoms with van der Waals surface area (Å²) in [6.45, 7) is 4.11. The lowest BCUT2D eigenvalue weighted by atomic mass is 10.1. The van der Waals surface area contributed by atoms with E-state index in [2.05, 4.69) is 29.4 Å². The van der Waals surface area contributed by atoms with Gasteiger partial charge in [0, 0.05) is 31.6 Å². The van der Waals surface area contributed by atoms with E-state index in [1.54, 1.807) is 0 Å². The molecule has 0 saturated heterocycles. The van der Waals surface area contributed by atoms with E-state index in [1.165, 1.54) is 24.8 Å². The summed E-state index contributed by atoms with van der Waals surface area (Å²) in [6, 6.07) is 4.94. The Morgan fingerprint density at radius 1 is 1.37 bits per heavy atom. The topological polar surface area (TPSA) is 34.1 Å². The third-order valence-electron chi connectivity index (χ3n) is 3.53. The third-order valence-corrected chi connectivity index (χ3v) is 3.53. The van der Waals surface area contributed by atoms with Crippen LogP contribution >= 0.6 is 0 Å². The smallest absolute Gasteiger partial charge is 0.0699 e. The van der Waals surface area contributed by atoms with Crippen LogP contribution in [0.3, 0.4) is 0 Å². The van der Waals surface area contributed by atoms with Crippen molar-refractivity contribution in [3.05, 3.63) is 30.1 Å². The minimum atomic E-state index is 0.392. The minimum absolute atomic E-state index is 0.392. The zero-order chi connectivity index (χ0) is 13.3. The van der Waals surface area contributed by atoms with Crippen molar-refractivity contribution in [1.82, 2.24) is 10.3 Å². The van der Waals surface area contributed by atoms with E-state index in [0.717, 1.165) is 38.5 Å². The summed E-state index contributed by atoms with van der Waals surface area (Å²) in [5.74, 6) is 0. The lowest BCUT2D eigenvalue weighted by Gasteiger charge is -2.18. The van der Waals surface area contributed by atoms with Crippen LogP contribution in [0, 0.1) is 0 Å². The van der Waals surface area contributed by atoms with Crippen molar-refractivity contribution < 1.29 is 4.74 Å². The Labute approximate surface area is 116 Å². The molecule has 1 heterocycles. The molecule has 1 aromatic heterocycles. The van der Waals surface area contributed by atoms with Crippen molar-refractivity contribution in [3.63, 3.8) is 0 Å². The van der Waals surface area contributed by atoms with Crippen molar-refractivity contribution in [2.75, 3.05) is 13.2 Å². The standard InChI is InChI=1S/C16H26N2O/c1-2-4-16(13-18-15-6-7-15)19-12-3-5-14-8-10-17-11-9-14/h8-11,15-16,18H,2-7,12-13H2,1H3. The van der Waals surface area contributed by atoms with E-state index in [1.807, 2.05) is 12.4 Å². The van der Waals surface area contributed by atoms with Crippen LogP contribution in [0.2, 0.25) is 0 Å². The average Bonchev–Trinajstić information content (AvgIpc) is 3.26. The second kappa shape index (κ2) is 8.28. The van der Waals surface area contributed by atoms with Crippen molar-refractivity contribution in [3.8, 4) is 0 Å². The number of aromatic nitrogens is 1. The molecule has 1 aromatic rings. The number of rotatable bonds is 10. The predicted molar refractivity (Wildman–Crippen MR) is 78.2 cm³/mol. The molecule has 1 aliphatic rings. The molecule has 1 aliphatic carbocycles. The second-order valence-electron chi connectivity index (χ2n) is 5.42. The Morgan fingerprint density at radius 2 is 2.16 bits per heavy atom. The van der Waals surface area contributed by atoms with E-state index in [4.69, 9.17) is 4.74 Å². The van der Waals surface area contributed by atoms with Gasteiger partial charge >= 0.3 is 0 Å². The van der Waals surface area contributed by atoms with Gasteiger partial charge in [0.1, 0.15) is 0 Å². The van der Waals surface area contributed by atoms with Gasteiger partial charge in [0.15, 0.2) is 0 Å². The quantitative estimate of drug-likeness (QED) is 0.658. The molecule has 0 bridgehead atoms. The van der Waals surface area contributed by atoms with E-state index in [9.17, 15) is 0 Å². The summed E-state index contributed by atoms with van der Waals surface area (Å²) in [7, 11) is 0. The summed E-state index contributed by atoms with van der Waals surface area (Å²) in [6.07, 6.45) is 11.3. The molecule has 3 heteroatoms. The van der Waals surface area contributed by atoms with Crippen LogP contribution in [0.25, 0.3) is 0 Å². The van der Waals surface area contributed by atoms with Crippen molar-refractivity contribution >= 4 is 0 Å². The van der Waals surface area contributed by atoms with Crippen molar-refractivity contribution in [1.29, 1.82) is 0 Å². The van der Waals surface area contributed by atoms with Gasteiger partial charge in [-0.25, -0.2) is 0 Å². The molecule has 0 aliphatic heterocycles. The van der Waals surface area contributed by atoms with Crippen LogP contribution in [-0.2, 0) is 11.2 Å². The summed E-state index contributed by atoms with van der Waals surface area (Å²) in [4.78, 5) is 4.03. The first-order valence-electron chi connectivity index (χ1n) is 7.62. The largest absolute Gasteiger partial charge is 0.377 e. The van der Waals surface area contributed by atoms with Crippen molar-refractivity contribution in [2.45, 2.75) is 57.6 Å². The van der Waals surface area contributed by atoms with Gasteiger partial charge in [0.2, 0.25) is 0 Å². The summed E-state index contributed by atoms with van der Waals surface area (Å²) < 4.78 is 6.00. The molecule has 106 valence electrons. The fourth-order valence-corrected chi connectivity index (χ4v) is 2.23. The maximum absolute atomic E-state index is 6.00. The van der Waals surface area contributed by atoms with Crippen LogP contribution in [0.1, 0.15) is 44.6 Å². The van der Waals surface area contributed by atoms with Crippen LogP contribution < -0.4 is 5.32 Å². The number of nitrogens with zero attached hydrogens (tertiary/aromatic N) is 1. The van der Waals surface area contributed by atoms with E-state index < -0.39 is 0 Å². The fraction of sp³-hybridized carbons (Fsp3) is 0.688. The monoisotopic (exact) mass is 262 g/mol. The number of ether oxygens (including phenoxy) is 1. The maximum atomic E-state index is 6.00. The Morgan fingerprint density at radius 3 is 2.84 bits per heavy atom. The highest BCUT2D eigenvalue weighted by atomic mass is 16.5. The highest BCUT2D eigenvalue weighted by molar-refractivity contribution is 5.09. The molecular weight excluding hydrogens is 236 g/mol. The zero-order valence-corrected chi connectivity index (χ0v) is 12.0. The Hall–Kier alpha value is -0.930. The average molecular weight is 262 g/mol. The molecule has 1 saturated carbocycles. The van der Waals surface area contributed by atoms with Crippen LogP contribution in [-0.4, -0.2) is 30.3 Å². The molecule has 0 radical (unpaired) electrons. The number of hydrogen-bond donors (Lipinski definition) is 1. The summed E-state index contributed by atoms with van der Waals surface area (Å²) in [5, 5.41) is 3.57. The lowest BCUT2D eigenvalue weighted by Crippen LogP contribution is -2.30. The van der Waals surface area contributed by atoms with E-state index in [-0.39, 0.29) is 0 Å². The van der Waals surface area contributed by atoms with Gasteiger partial charge in [0.25, 0.3) is 0 Å². The fourth-order valence-electron chi connectivity index (χ4n) is 2.23. The van der Waals surface area contributed by atoms with Gasteiger partial charge in [-0.2, -0.15) is 0 Å². The summed E-state index contributed by atoms with van der Waals surface area (Å²) >= 11 is 0. The molecule has 1 atom stereocenters. The third kappa shape index (κ3) is 6.17. The van der Waals surface area contributed by atoms with Crippen LogP contribution in [0.15, 0.2) is 24.5 Å². The van der Waals surface area contributed by atoms with Crippen molar-refractivity contribution in [2.24, 2.45) is 0 Å². The minimum Gasteiger partial charge on any atom is -0.377 e. The molecule has 0 spiro atoms. The molecule has 19 heavy (non-hydrogen) atoms. The maximum Gasteiger partial charge on any atom is 0.0699 e. The highest BCUT2D eigenvalue weighted by Crippen LogP contribution is 2.19. The van der Waals surface area contributed by atoms with Gasteiger partial charge in [-0.3, -0.25) is 4.98 Å². The van der Waals surface area contributed by atoms with Gasteiger partial charge < -0.3 is 10.1 Å². The van der Waals surface area contributed by atoms with Crippen LogP contribution in [0.4, 0.5) is 0 Å². The Balaban J connectivity index is 1.58. The molecule has 3 nitrogen and oxygen atoms in total. The van der Waals surface area contributed by atoms with Crippen LogP contribution in [0.5, 0.6) is 0 Å². The molecule has 2 rings (SSSR count). The Kier molecular flexibility index (Phi) is 6.31. The SMILES string of the molecule is CCCC(CNC1CC1)OCCCc1ccncc1. The Bertz CT molecular complexity index is 338. The van der Waals surface area contributed by atoms with Gasteiger partial charge in [0.05, 0.1) is 6.10 Å². The lowest BCUT2D eigenvalue weighted by molar-refractivity contribution is 0.0454. The number of nitrogens with one attached hydrogen (secondary N) is 1. The number of pyridine rings is 1. The first-order valence-corrected chi connectivity index (χ1v) is 7.62. The predicted octanol–water partition coefficient (Wildman–Crippen LogP) is 2.95. The first-order chi connectivity index (χ1) is 9.38. The summed E-state index contributed by atoms with van der Waals surface area (Å²) in [5.41, 5.74) is 1.35. The zero-order valence-electron chi connectivity index (χ0n) is 12.0. The molecule has 0 aromatic carbocycles. The molecular formula is C16H26N2O. The second-order valence-corrected chi connectivity index (χ2v) is 5.42. The van der Waals surface area contributed by atoms with Gasteiger partial charge in [-0.15, -0.1) is 0 Å². The number of aryl methyl sites for hydroxylation is 1. The molecule has 1 N–H and O–H groups in total. The normalized spacial score (nSPS) is 16.5. The highest BCUT2D eigenvalue weighted by Gasteiger charge is 2.21. The number of hydrogen-bond acceptors (Lipinski definition) is 3. The van der Waals surface area contributed by atoms with E-state index >= 15 is 0 Å². The molecule has 0 amide bonds.